The maximum Gasteiger partial charge on any atom is 0.351 e. The third-order valence-electron chi connectivity index (χ3n) is 5.11. The Labute approximate surface area is 188 Å². The molecule has 0 unspecified atom stereocenters. The fourth-order valence-electron chi connectivity index (χ4n) is 3.37. The SMILES string of the molecule is O=C(Nc1ccn([C@@H]2O[C@H](COC(=O)c3ccccc3)[C@@H](O)[C@H]2O)c(=O)n1)c1ccccc1. The molecule has 1 aliphatic rings. The number of hydrogen-bond donors (Lipinski definition) is 3. The monoisotopic (exact) mass is 451 g/mol. The highest BCUT2D eigenvalue weighted by Crippen LogP contribution is 2.28. The van der Waals surface area contributed by atoms with Gasteiger partial charge in [-0.05, 0) is 30.3 Å². The Balaban J connectivity index is 1.41. The summed E-state index contributed by atoms with van der Waals surface area (Å²) in [6.45, 7) is -0.324. The van der Waals surface area contributed by atoms with Crippen LogP contribution in [0.1, 0.15) is 26.9 Å². The molecule has 3 N–H and O–H groups in total. The van der Waals surface area contributed by atoms with E-state index in [1.165, 1.54) is 12.3 Å². The molecule has 10 nitrogen and oxygen atoms in total. The zero-order chi connectivity index (χ0) is 23.4. The fourth-order valence-corrected chi connectivity index (χ4v) is 3.37. The normalized spacial score (nSPS) is 22.0. The van der Waals surface area contributed by atoms with E-state index >= 15 is 0 Å². The Morgan fingerprint density at radius 1 is 0.970 bits per heavy atom. The average molecular weight is 451 g/mol. The summed E-state index contributed by atoms with van der Waals surface area (Å²) in [7, 11) is 0. The molecule has 4 atom stereocenters. The lowest BCUT2D eigenvalue weighted by Crippen LogP contribution is -2.36. The van der Waals surface area contributed by atoms with Crippen LogP contribution in [-0.4, -0.2) is 56.6 Å². The number of nitrogens with zero attached hydrogens (tertiary/aromatic N) is 2. The van der Waals surface area contributed by atoms with Gasteiger partial charge in [0.15, 0.2) is 6.23 Å². The molecule has 2 heterocycles. The molecule has 0 radical (unpaired) electrons. The van der Waals surface area contributed by atoms with Gasteiger partial charge in [0.05, 0.1) is 5.56 Å². The van der Waals surface area contributed by atoms with Gasteiger partial charge in [0.1, 0.15) is 30.7 Å². The first kappa shape index (κ1) is 22.3. The second-order valence-electron chi connectivity index (χ2n) is 7.33. The van der Waals surface area contributed by atoms with Crippen molar-refractivity contribution in [2.75, 3.05) is 11.9 Å². The number of carbonyl (C=O) groups is 2. The molecule has 0 aliphatic carbocycles. The van der Waals surface area contributed by atoms with Gasteiger partial charge in [-0.15, -0.1) is 0 Å². The van der Waals surface area contributed by atoms with Crippen molar-refractivity contribution in [3.63, 3.8) is 0 Å². The summed E-state index contributed by atoms with van der Waals surface area (Å²) in [6, 6.07) is 18.1. The van der Waals surface area contributed by atoms with E-state index in [1.54, 1.807) is 60.7 Å². The lowest BCUT2D eigenvalue weighted by molar-refractivity contribution is -0.0598. The van der Waals surface area contributed by atoms with E-state index < -0.39 is 42.1 Å². The molecule has 3 aromatic rings. The molecule has 1 fully saturated rings. The number of aliphatic hydroxyl groups excluding tert-OH is 2. The van der Waals surface area contributed by atoms with Gasteiger partial charge in [0, 0.05) is 11.8 Å². The van der Waals surface area contributed by atoms with Crippen LogP contribution in [-0.2, 0) is 9.47 Å². The number of amides is 1. The predicted octanol–water partition coefficient (Wildman–Crippen LogP) is 0.972. The van der Waals surface area contributed by atoms with E-state index in [2.05, 4.69) is 10.3 Å². The zero-order valence-corrected chi connectivity index (χ0v) is 17.3. The number of benzene rings is 2. The van der Waals surface area contributed by atoms with E-state index in [9.17, 15) is 24.6 Å². The minimum absolute atomic E-state index is 0.0199. The van der Waals surface area contributed by atoms with Gasteiger partial charge in [-0.2, -0.15) is 4.98 Å². The number of aliphatic hydroxyl groups is 2. The number of nitrogens with one attached hydrogen (secondary N) is 1. The number of esters is 1. The Morgan fingerprint density at radius 2 is 1.61 bits per heavy atom. The fraction of sp³-hybridized carbons (Fsp3) is 0.217. The largest absolute Gasteiger partial charge is 0.459 e. The molecule has 10 heteroatoms. The number of anilines is 1. The lowest BCUT2D eigenvalue weighted by atomic mass is 10.1. The van der Waals surface area contributed by atoms with Gasteiger partial charge in [-0.3, -0.25) is 9.36 Å². The summed E-state index contributed by atoms with van der Waals surface area (Å²) >= 11 is 0. The van der Waals surface area contributed by atoms with Crippen molar-refractivity contribution < 1.29 is 29.3 Å². The molecule has 0 spiro atoms. The number of aromatic nitrogens is 2. The molecule has 1 saturated heterocycles. The van der Waals surface area contributed by atoms with Crippen LogP contribution in [0.25, 0.3) is 0 Å². The highest BCUT2D eigenvalue weighted by molar-refractivity contribution is 6.03. The highest BCUT2D eigenvalue weighted by atomic mass is 16.6. The first-order valence-electron chi connectivity index (χ1n) is 10.1. The lowest BCUT2D eigenvalue weighted by Gasteiger charge is -2.17. The van der Waals surface area contributed by atoms with Gasteiger partial charge in [0.25, 0.3) is 5.91 Å². The van der Waals surface area contributed by atoms with Gasteiger partial charge in [0.2, 0.25) is 0 Å². The second-order valence-corrected chi connectivity index (χ2v) is 7.33. The van der Waals surface area contributed by atoms with Crippen LogP contribution >= 0.6 is 0 Å². The highest BCUT2D eigenvalue weighted by Gasteiger charge is 2.44. The third-order valence-corrected chi connectivity index (χ3v) is 5.11. The summed E-state index contributed by atoms with van der Waals surface area (Å²) in [6.07, 6.45) is -3.88. The molecule has 33 heavy (non-hydrogen) atoms. The first-order chi connectivity index (χ1) is 15.9. The quantitative estimate of drug-likeness (QED) is 0.471. The predicted molar refractivity (Wildman–Crippen MR) is 116 cm³/mol. The molecule has 1 aliphatic heterocycles. The Kier molecular flexibility index (Phi) is 6.59. The molecule has 170 valence electrons. The Hall–Kier alpha value is -3.86. The van der Waals surface area contributed by atoms with Crippen molar-refractivity contribution in [2.24, 2.45) is 0 Å². The van der Waals surface area contributed by atoms with E-state index in [4.69, 9.17) is 9.47 Å². The van der Waals surface area contributed by atoms with Crippen LogP contribution < -0.4 is 11.0 Å². The van der Waals surface area contributed by atoms with Gasteiger partial charge >= 0.3 is 11.7 Å². The molecule has 0 saturated carbocycles. The van der Waals surface area contributed by atoms with Crippen molar-refractivity contribution in [1.82, 2.24) is 9.55 Å². The topological polar surface area (TPSA) is 140 Å². The number of rotatable bonds is 6. The number of carbonyl (C=O) groups excluding carboxylic acids is 2. The summed E-state index contributed by atoms with van der Waals surface area (Å²) in [5.41, 5.74) is -0.0799. The summed E-state index contributed by atoms with van der Waals surface area (Å²) < 4.78 is 11.7. The molecule has 1 aromatic heterocycles. The second kappa shape index (κ2) is 9.74. The van der Waals surface area contributed by atoms with E-state index in [-0.39, 0.29) is 12.4 Å². The minimum Gasteiger partial charge on any atom is -0.459 e. The van der Waals surface area contributed by atoms with Crippen LogP contribution in [0.4, 0.5) is 5.82 Å². The summed E-state index contributed by atoms with van der Waals surface area (Å²) in [4.78, 5) is 40.6. The standard InChI is InChI=1S/C23H21N3O7/c27-18-16(13-32-22(30)15-9-5-2-6-10-15)33-21(19(18)28)26-12-11-17(25-23(26)31)24-20(29)14-7-3-1-4-8-14/h1-12,16,18-19,21,27-28H,13H2,(H,24,25,29,31)/t16-,18-,19-,21-/m1/s1. The van der Waals surface area contributed by atoms with E-state index in [0.29, 0.717) is 11.1 Å². The maximum absolute atomic E-state index is 12.5. The van der Waals surface area contributed by atoms with E-state index in [1.807, 2.05) is 0 Å². The van der Waals surface area contributed by atoms with Crippen LogP contribution in [0.15, 0.2) is 77.7 Å². The summed E-state index contributed by atoms with van der Waals surface area (Å²) in [5, 5.41) is 23.2. The van der Waals surface area contributed by atoms with E-state index in [0.717, 1.165) is 4.57 Å². The Morgan fingerprint density at radius 3 is 2.24 bits per heavy atom. The van der Waals surface area contributed by atoms with Crippen molar-refractivity contribution in [3.8, 4) is 0 Å². The number of hydrogen-bond acceptors (Lipinski definition) is 8. The van der Waals surface area contributed by atoms with Gasteiger partial charge in [-0.1, -0.05) is 36.4 Å². The van der Waals surface area contributed by atoms with Crippen LogP contribution in [0.5, 0.6) is 0 Å². The average Bonchev–Trinajstić information content (AvgIpc) is 3.12. The molecular weight excluding hydrogens is 430 g/mol. The van der Waals surface area contributed by atoms with Gasteiger partial charge in [-0.25, -0.2) is 9.59 Å². The van der Waals surface area contributed by atoms with Crippen LogP contribution in [0.2, 0.25) is 0 Å². The van der Waals surface area contributed by atoms with Gasteiger partial charge < -0.3 is 25.0 Å². The van der Waals surface area contributed by atoms with Crippen LogP contribution in [0, 0.1) is 0 Å². The van der Waals surface area contributed by atoms with Crippen molar-refractivity contribution in [3.05, 3.63) is 94.5 Å². The summed E-state index contributed by atoms with van der Waals surface area (Å²) in [5.74, 6) is -1.03. The maximum atomic E-state index is 12.5. The van der Waals surface area contributed by atoms with Crippen molar-refractivity contribution >= 4 is 17.7 Å². The molecule has 0 bridgehead atoms. The Bertz CT molecular complexity index is 1180. The number of ether oxygens (including phenoxy) is 2. The minimum atomic E-state index is -1.46. The molecule has 1 amide bonds. The molecule has 4 rings (SSSR count). The smallest absolute Gasteiger partial charge is 0.351 e. The van der Waals surface area contributed by atoms with Crippen LogP contribution in [0.3, 0.4) is 0 Å². The van der Waals surface area contributed by atoms with Crippen molar-refractivity contribution in [2.45, 2.75) is 24.5 Å². The first-order valence-corrected chi connectivity index (χ1v) is 10.1. The zero-order valence-electron chi connectivity index (χ0n) is 17.3. The van der Waals surface area contributed by atoms with Crippen molar-refractivity contribution in [1.29, 1.82) is 0 Å². The molecular formula is C23H21N3O7. The molecule has 2 aromatic carbocycles. The third kappa shape index (κ3) is 4.98.